The maximum atomic E-state index is 2.32. The monoisotopic (exact) mass is 241 g/mol. The minimum atomic E-state index is 0.808. The van der Waals surface area contributed by atoms with Crippen LogP contribution in [0, 0.1) is 11.8 Å². The predicted molar refractivity (Wildman–Crippen MR) is 50.7 cm³/mol. The summed E-state index contributed by atoms with van der Waals surface area (Å²) in [6.45, 7) is 8.02. The SMILES string of the molecule is CC(C)C(C)CN(C)I. The number of nitrogens with zero attached hydrogens (tertiary/aromatic N) is 1. The molecule has 0 spiro atoms. The van der Waals surface area contributed by atoms with Crippen LogP contribution in [0.3, 0.4) is 0 Å². The molecule has 0 saturated heterocycles. The van der Waals surface area contributed by atoms with Gasteiger partial charge in [0.15, 0.2) is 0 Å². The van der Waals surface area contributed by atoms with Gasteiger partial charge in [0, 0.05) is 29.4 Å². The zero-order valence-corrected chi connectivity index (χ0v) is 8.84. The first kappa shape index (κ1) is 9.69. The summed E-state index contributed by atoms with van der Waals surface area (Å²) in [6.07, 6.45) is 0. The number of hydrogen-bond acceptors (Lipinski definition) is 1. The normalized spacial score (nSPS) is 15.0. The Bertz CT molecular complexity index is 71.3. The summed E-state index contributed by atoms with van der Waals surface area (Å²) in [5, 5.41) is 0. The lowest BCUT2D eigenvalue weighted by Gasteiger charge is -2.18. The third kappa shape index (κ3) is 5.15. The van der Waals surface area contributed by atoms with Crippen molar-refractivity contribution in [3.05, 3.63) is 0 Å². The Morgan fingerprint density at radius 3 is 1.89 bits per heavy atom. The quantitative estimate of drug-likeness (QED) is 0.542. The maximum absolute atomic E-state index is 2.32. The number of halogens is 1. The molecule has 0 bridgehead atoms. The Kier molecular flexibility index (Phi) is 4.84. The lowest BCUT2D eigenvalue weighted by Crippen LogP contribution is -2.18. The van der Waals surface area contributed by atoms with Gasteiger partial charge in [-0.3, -0.25) is 3.11 Å². The molecule has 56 valence electrons. The van der Waals surface area contributed by atoms with Crippen molar-refractivity contribution >= 4 is 22.9 Å². The van der Waals surface area contributed by atoms with Gasteiger partial charge in [0.2, 0.25) is 0 Å². The van der Waals surface area contributed by atoms with Crippen LogP contribution in [-0.4, -0.2) is 16.7 Å². The Labute approximate surface area is 72.3 Å². The van der Waals surface area contributed by atoms with E-state index in [9.17, 15) is 0 Å². The summed E-state index contributed by atoms with van der Waals surface area (Å²) >= 11 is 2.32. The van der Waals surface area contributed by atoms with E-state index in [1.165, 1.54) is 6.54 Å². The van der Waals surface area contributed by atoms with Crippen molar-refractivity contribution in [3.8, 4) is 0 Å². The third-order valence-electron chi connectivity index (χ3n) is 1.68. The highest BCUT2D eigenvalue weighted by Gasteiger charge is 2.07. The van der Waals surface area contributed by atoms with Crippen LogP contribution in [0.5, 0.6) is 0 Å². The van der Waals surface area contributed by atoms with Gasteiger partial charge in [-0.15, -0.1) is 0 Å². The van der Waals surface area contributed by atoms with E-state index in [2.05, 4.69) is 53.8 Å². The van der Waals surface area contributed by atoms with Gasteiger partial charge < -0.3 is 0 Å². The van der Waals surface area contributed by atoms with E-state index in [0.29, 0.717) is 0 Å². The summed E-state index contributed by atoms with van der Waals surface area (Å²) in [4.78, 5) is 0. The van der Waals surface area contributed by atoms with E-state index >= 15 is 0 Å². The second-order valence-electron chi connectivity index (χ2n) is 3.01. The summed E-state index contributed by atoms with van der Waals surface area (Å²) in [6, 6.07) is 0. The maximum Gasteiger partial charge on any atom is 0.0198 e. The molecule has 0 N–H and O–H groups in total. The zero-order chi connectivity index (χ0) is 7.44. The average molecular weight is 241 g/mol. The molecule has 0 aromatic rings. The first-order valence-corrected chi connectivity index (χ1v) is 4.37. The minimum Gasteiger partial charge on any atom is -0.250 e. The van der Waals surface area contributed by atoms with Crippen molar-refractivity contribution in [3.63, 3.8) is 0 Å². The average Bonchev–Trinajstić information content (AvgIpc) is 1.63. The molecule has 1 unspecified atom stereocenters. The third-order valence-corrected chi connectivity index (χ3v) is 2.07. The van der Waals surface area contributed by atoms with Crippen LogP contribution >= 0.6 is 22.9 Å². The molecule has 0 aliphatic rings. The summed E-state index contributed by atoms with van der Waals surface area (Å²) < 4.78 is 2.21. The molecule has 0 rings (SSSR count). The topological polar surface area (TPSA) is 3.24 Å². The molecular formula is C7H16IN. The van der Waals surface area contributed by atoms with E-state index in [1.807, 2.05) is 0 Å². The molecule has 0 radical (unpaired) electrons. The van der Waals surface area contributed by atoms with Crippen molar-refractivity contribution in [2.45, 2.75) is 20.8 Å². The Morgan fingerprint density at radius 2 is 1.78 bits per heavy atom. The molecule has 0 aromatic carbocycles. The van der Waals surface area contributed by atoms with Gasteiger partial charge in [0.25, 0.3) is 0 Å². The first-order chi connectivity index (χ1) is 4.04. The van der Waals surface area contributed by atoms with E-state index in [4.69, 9.17) is 0 Å². The van der Waals surface area contributed by atoms with Crippen molar-refractivity contribution < 1.29 is 0 Å². The summed E-state index contributed by atoms with van der Waals surface area (Å²) in [5.74, 6) is 1.62. The van der Waals surface area contributed by atoms with Crippen molar-refractivity contribution in [2.24, 2.45) is 11.8 Å². The molecule has 9 heavy (non-hydrogen) atoms. The second-order valence-corrected chi connectivity index (χ2v) is 4.66. The first-order valence-electron chi connectivity index (χ1n) is 3.41. The van der Waals surface area contributed by atoms with Crippen molar-refractivity contribution in [1.82, 2.24) is 3.11 Å². The smallest absolute Gasteiger partial charge is 0.0198 e. The molecular weight excluding hydrogens is 225 g/mol. The lowest BCUT2D eigenvalue weighted by molar-refractivity contribution is 0.362. The van der Waals surface area contributed by atoms with Gasteiger partial charge in [-0.05, 0) is 18.9 Å². The highest BCUT2D eigenvalue weighted by molar-refractivity contribution is 14.1. The van der Waals surface area contributed by atoms with Crippen LogP contribution in [0.15, 0.2) is 0 Å². The van der Waals surface area contributed by atoms with Crippen LogP contribution in [-0.2, 0) is 0 Å². The fourth-order valence-corrected chi connectivity index (χ4v) is 1.23. The highest BCUT2D eigenvalue weighted by Crippen LogP contribution is 2.11. The van der Waals surface area contributed by atoms with Crippen molar-refractivity contribution in [1.29, 1.82) is 0 Å². The predicted octanol–water partition coefficient (Wildman–Crippen LogP) is 2.56. The van der Waals surface area contributed by atoms with E-state index in [0.717, 1.165) is 11.8 Å². The van der Waals surface area contributed by atoms with Gasteiger partial charge in [0.1, 0.15) is 0 Å². The molecule has 0 aromatic heterocycles. The molecule has 0 saturated carbocycles. The molecule has 0 heterocycles. The molecule has 0 amide bonds. The van der Waals surface area contributed by atoms with Gasteiger partial charge in [-0.1, -0.05) is 20.8 Å². The molecule has 1 atom stereocenters. The van der Waals surface area contributed by atoms with Crippen LogP contribution in [0.1, 0.15) is 20.8 Å². The van der Waals surface area contributed by atoms with E-state index in [-0.39, 0.29) is 0 Å². The van der Waals surface area contributed by atoms with Crippen LogP contribution in [0.25, 0.3) is 0 Å². The molecule has 0 aliphatic heterocycles. The fourth-order valence-electron chi connectivity index (χ4n) is 0.608. The molecule has 2 heteroatoms. The van der Waals surface area contributed by atoms with Crippen LogP contribution in [0.2, 0.25) is 0 Å². The minimum absolute atomic E-state index is 0.808. The standard InChI is InChI=1S/C7H16IN/c1-6(2)7(3)5-9(4)8/h6-7H,5H2,1-4H3. The van der Waals surface area contributed by atoms with E-state index in [1.54, 1.807) is 0 Å². The van der Waals surface area contributed by atoms with Gasteiger partial charge in [0.05, 0.1) is 0 Å². The number of rotatable bonds is 3. The van der Waals surface area contributed by atoms with E-state index < -0.39 is 0 Å². The second kappa shape index (κ2) is 4.50. The lowest BCUT2D eigenvalue weighted by atomic mass is 9.98. The molecule has 0 aliphatic carbocycles. The molecule has 1 nitrogen and oxygen atoms in total. The summed E-state index contributed by atoms with van der Waals surface area (Å²) in [7, 11) is 2.11. The Morgan fingerprint density at radius 1 is 1.33 bits per heavy atom. The van der Waals surface area contributed by atoms with Crippen molar-refractivity contribution in [2.75, 3.05) is 13.6 Å². The van der Waals surface area contributed by atoms with Gasteiger partial charge in [-0.25, -0.2) is 0 Å². The van der Waals surface area contributed by atoms with Crippen LogP contribution < -0.4 is 0 Å². The summed E-state index contributed by atoms with van der Waals surface area (Å²) in [5.41, 5.74) is 0. The zero-order valence-electron chi connectivity index (χ0n) is 6.69. The fraction of sp³-hybridized carbons (Fsp3) is 1.00. The van der Waals surface area contributed by atoms with Crippen LogP contribution in [0.4, 0.5) is 0 Å². The molecule has 0 fully saturated rings. The Balaban J connectivity index is 3.38. The van der Waals surface area contributed by atoms with Gasteiger partial charge in [-0.2, -0.15) is 0 Å². The largest absolute Gasteiger partial charge is 0.250 e. The Hall–Kier alpha value is 0.690. The number of hydrogen-bond donors (Lipinski definition) is 0. The van der Waals surface area contributed by atoms with Gasteiger partial charge >= 0.3 is 0 Å². The highest BCUT2D eigenvalue weighted by atomic mass is 127.